The Hall–Kier alpha value is -2.79. The maximum absolute atomic E-state index is 14.3. The van der Waals surface area contributed by atoms with E-state index in [1.54, 1.807) is 48.5 Å². The molecule has 0 heterocycles. The van der Waals surface area contributed by atoms with Gasteiger partial charge in [-0.3, -0.25) is 13.9 Å². The van der Waals surface area contributed by atoms with Gasteiger partial charge in [0.05, 0.1) is 22.2 Å². The number of methoxy groups -OCH3 is 1. The number of hydrogen-bond acceptors (Lipinski definition) is 5. The Labute approximate surface area is 277 Å². The van der Waals surface area contributed by atoms with Crippen LogP contribution in [0.1, 0.15) is 50.2 Å². The first-order valence-electron chi connectivity index (χ1n) is 14.4. The van der Waals surface area contributed by atoms with Crippen LogP contribution >= 0.6 is 39.1 Å². The van der Waals surface area contributed by atoms with Crippen LogP contribution in [0.25, 0.3) is 0 Å². The molecule has 3 aromatic carbocycles. The molecule has 1 aliphatic rings. The number of amides is 2. The predicted molar refractivity (Wildman–Crippen MR) is 178 cm³/mol. The second-order valence-electron chi connectivity index (χ2n) is 10.8. The number of sulfonamides is 1. The molecule has 1 fully saturated rings. The fourth-order valence-corrected chi connectivity index (χ4v) is 7.90. The smallest absolute Gasteiger partial charge is 0.264 e. The van der Waals surface area contributed by atoms with Gasteiger partial charge in [0.1, 0.15) is 18.3 Å². The summed E-state index contributed by atoms with van der Waals surface area (Å²) in [6, 6.07) is 15.4. The Kier molecular flexibility index (Phi) is 11.6. The standard InChI is InChI=1S/C32H36BrCl2N3O5S/c1-4-29(32(40)36-24-7-5-6-8-24)37(19-22-11-12-23(34)17-28(22)35)31(39)20-38(25-13-9-21(2)10-14-25)44(41,42)26-15-16-30(43-3)27(33)18-26/h9-18,24,29H,4-8,19-20H2,1-3H3,(H,36,40). The summed E-state index contributed by atoms with van der Waals surface area (Å²) in [6.45, 7) is 3.15. The fourth-order valence-electron chi connectivity index (χ4n) is 5.30. The lowest BCUT2D eigenvalue weighted by atomic mass is 10.1. The average molecular weight is 726 g/mol. The molecule has 4 rings (SSSR count). The van der Waals surface area contributed by atoms with Gasteiger partial charge >= 0.3 is 0 Å². The van der Waals surface area contributed by atoms with Crippen molar-refractivity contribution < 1.29 is 22.7 Å². The third kappa shape index (κ3) is 8.07. The van der Waals surface area contributed by atoms with Crippen molar-refractivity contribution in [3.63, 3.8) is 0 Å². The number of hydrogen-bond donors (Lipinski definition) is 1. The van der Waals surface area contributed by atoms with Gasteiger partial charge in [-0.25, -0.2) is 8.42 Å². The van der Waals surface area contributed by atoms with Gasteiger partial charge in [-0.05, 0) is 90.1 Å². The quantitative estimate of drug-likeness (QED) is 0.214. The molecule has 3 aromatic rings. The van der Waals surface area contributed by atoms with Crippen LogP contribution in [0.3, 0.4) is 0 Å². The molecule has 8 nitrogen and oxygen atoms in total. The van der Waals surface area contributed by atoms with Crippen LogP contribution in [0.2, 0.25) is 10.0 Å². The Balaban J connectivity index is 1.74. The van der Waals surface area contributed by atoms with Gasteiger partial charge in [-0.15, -0.1) is 0 Å². The van der Waals surface area contributed by atoms with Crippen molar-refractivity contribution in [2.24, 2.45) is 0 Å². The van der Waals surface area contributed by atoms with E-state index in [0.29, 0.717) is 37.9 Å². The van der Waals surface area contributed by atoms with E-state index in [1.165, 1.54) is 24.1 Å². The van der Waals surface area contributed by atoms with Gasteiger partial charge in [0.2, 0.25) is 11.8 Å². The zero-order valence-electron chi connectivity index (χ0n) is 24.9. The van der Waals surface area contributed by atoms with Gasteiger partial charge in [0.15, 0.2) is 0 Å². The van der Waals surface area contributed by atoms with E-state index in [4.69, 9.17) is 27.9 Å². The summed E-state index contributed by atoms with van der Waals surface area (Å²) >= 11 is 16.0. The zero-order chi connectivity index (χ0) is 32.0. The average Bonchev–Trinajstić information content (AvgIpc) is 3.50. The van der Waals surface area contributed by atoms with Gasteiger partial charge in [-0.2, -0.15) is 0 Å². The zero-order valence-corrected chi connectivity index (χ0v) is 28.8. The number of halogens is 3. The monoisotopic (exact) mass is 723 g/mol. The third-order valence-corrected chi connectivity index (χ3v) is 10.7. The Bertz CT molecular complexity index is 1600. The first-order valence-corrected chi connectivity index (χ1v) is 17.4. The van der Waals surface area contributed by atoms with E-state index in [1.807, 2.05) is 13.8 Å². The lowest BCUT2D eigenvalue weighted by molar-refractivity contribution is -0.140. The molecule has 236 valence electrons. The van der Waals surface area contributed by atoms with Crippen molar-refractivity contribution in [2.45, 2.75) is 69.5 Å². The summed E-state index contributed by atoms with van der Waals surface area (Å²) < 4.78 is 35.1. The first kappa shape index (κ1) is 34.1. The molecule has 1 N–H and O–H groups in total. The third-order valence-electron chi connectivity index (χ3n) is 7.76. The van der Waals surface area contributed by atoms with Gasteiger partial charge in [0, 0.05) is 22.6 Å². The van der Waals surface area contributed by atoms with Crippen molar-refractivity contribution in [2.75, 3.05) is 18.0 Å². The maximum Gasteiger partial charge on any atom is 0.264 e. The van der Waals surface area contributed by atoms with Crippen LogP contribution in [-0.4, -0.2) is 50.9 Å². The topological polar surface area (TPSA) is 96.0 Å². The number of aryl methyl sites for hydroxylation is 1. The summed E-state index contributed by atoms with van der Waals surface area (Å²) in [7, 11) is -2.76. The van der Waals surface area contributed by atoms with Crippen molar-refractivity contribution in [3.05, 3.63) is 86.3 Å². The molecule has 12 heteroatoms. The number of benzene rings is 3. The minimum atomic E-state index is -4.24. The molecular weight excluding hydrogens is 689 g/mol. The van der Waals surface area contributed by atoms with Crippen molar-refractivity contribution >= 4 is 66.7 Å². The van der Waals surface area contributed by atoms with Crippen LogP contribution in [0, 0.1) is 6.92 Å². The molecule has 0 saturated heterocycles. The fraction of sp³-hybridized carbons (Fsp3) is 0.375. The van der Waals surface area contributed by atoms with Crippen LogP contribution in [-0.2, 0) is 26.2 Å². The molecule has 0 radical (unpaired) electrons. The minimum absolute atomic E-state index is 0.0126. The molecular formula is C32H36BrCl2N3O5S. The van der Waals surface area contributed by atoms with Gasteiger partial charge in [0.25, 0.3) is 10.0 Å². The number of nitrogens with one attached hydrogen (secondary N) is 1. The van der Waals surface area contributed by atoms with Crippen molar-refractivity contribution in [1.82, 2.24) is 10.2 Å². The lowest BCUT2D eigenvalue weighted by Gasteiger charge is -2.34. The molecule has 0 spiro atoms. The molecule has 0 aliphatic heterocycles. The second-order valence-corrected chi connectivity index (χ2v) is 14.4. The van der Waals surface area contributed by atoms with Crippen LogP contribution in [0.4, 0.5) is 5.69 Å². The second kappa shape index (κ2) is 15.0. The highest BCUT2D eigenvalue weighted by molar-refractivity contribution is 9.10. The normalized spacial score (nSPS) is 14.2. The molecule has 44 heavy (non-hydrogen) atoms. The summed E-state index contributed by atoms with van der Waals surface area (Å²) in [4.78, 5) is 29.3. The van der Waals surface area contributed by atoms with Crippen LogP contribution in [0.5, 0.6) is 5.75 Å². The minimum Gasteiger partial charge on any atom is -0.496 e. The number of anilines is 1. The summed E-state index contributed by atoms with van der Waals surface area (Å²) in [6.07, 6.45) is 4.16. The summed E-state index contributed by atoms with van der Waals surface area (Å²) in [5.74, 6) is -0.366. The number of carbonyl (C=O) groups excluding carboxylic acids is 2. The van der Waals surface area contributed by atoms with Crippen molar-refractivity contribution in [3.8, 4) is 5.75 Å². The maximum atomic E-state index is 14.3. The molecule has 0 bridgehead atoms. The van der Waals surface area contributed by atoms with Gasteiger partial charge < -0.3 is 15.0 Å². The molecule has 1 atom stereocenters. The SMILES string of the molecule is CCC(C(=O)NC1CCCC1)N(Cc1ccc(Cl)cc1Cl)C(=O)CN(c1ccc(C)cc1)S(=O)(=O)c1ccc(OC)c(Br)c1. The molecule has 1 unspecified atom stereocenters. The van der Waals surface area contributed by atoms with E-state index >= 15 is 0 Å². The molecule has 1 saturated carbocycles. The summed E-state index contributed by atoms with van der Waals surface area (Å²) in [5.41, 5.74) is 1.82. The van der Waals surface area contributed by atoms with E-state index in [9.17, 15) is 18.0 Å². The highest BCUT2D eigenvalue weighted by Gasteiger charge is 2.35. The van der Waals surface area contributed by atoms with Crippen LogP contribution in [0.15, 0.2) is 70.0 Å². The lowest BCUT2D eigenvalue weighted by Crippen LogP contribution is -2.53. The Morgan fingerprint density at radius 3 is 2.32 bits per heavy atom. The Morgan fingerprint density at radius 1 is 1.05 bits per heavy atom. The Morgan fingerprint density at radius 2 is 1.73 bits per heavy atom. The largest absolute Gasteiger partial charge is 0.496 e. The summed E-state index contributed by atoms with van der Waals surface area (Å²) in [5, 5.41) is 3.88. The number of rotatable bonds is 12. The molecule has 2 amide bonds. The highest BCUT2D eigenvalue weighted by Crippen LogP contribution is 2.32. The van der Waals surface area contributed by atoms with E-state index in [-0.39, 0.29) is 23.4 Å². The van der Waals surface area contributed by atoms with E-state index < -0.39 is 28.5 Å². The number of carbonyl (C=O) groups is 2. The highest BCUT2D eigenvalue weighted by atomic mass is 79.9. The predicted octanol–water partition coefficient (Wildman–Crippen LogP) is 7.13. The van der Waals surface area contributed by atoms with Crippen molar-refractivity contribution in [1.29, 1.82) is 0 Å². The van der Waals surface area contributed by atoms with E-state index in [2.05, 4.69) is 21.2 Å². The van der Waals surface area contributed by atoms with Gasteiger partial charge in [-0.1, -0.05) is 66.7 Å². The number of ether oxygens (including phenoxy) is 1. The van der Waals surface area contributed by atoms with Crippen LogP contribution < -0.4 is 14.4 Å². The molecule has 1 aliphatic carbocycles. The first-order chi connectivity index (χ1) is 20.9. The van der Waals surface area contributed by atoms with E-state index in [0.717, 1.165) is 35.6 Å². The molecule has 0 aromatic heterocycles. The number of nitrogens with zero attached hydrogens (tertiary/aromatic N) is 2.